The lowest BCUT2D eigenvalue weighted by Gasteiger charge is -2.36. The predicted molar refractivity (Wildman–Crippen MR) is 118 cm³/mol. The molecule has 1 atom stereocenters. The normalized spacial score (nSPS) is 16.1. The van der Waals surface area contributed by atoms with Crippen molar-refractivity contribution < 1.29 is 9.69 Å². The van der Waals surface area contributed by atoms with Gasteiger partial charge in [0.1, 0.15) is 0 Å². The summed E-state index contributed by atoms with van der Waals surface area (Å²) < 4.78 is 0. The summed E-state index contributed by atoms with van der Waals surface area (Å²) in [6.07, 6.45) is 0. The van der Waals surface area contributed by atoms with Gasteiger partial charge in [-0.25, -0.2) is 0 Å². The SMILES string of the molecule is Cc1cc(C)c(NC(=O)[C@@H](C)[NH+]2CCN(c3cc(Cl)ccc3C)CC2)c(C)c1. The van der Waals surface area contributed by atoms with Crippen LogP contribution in [0.2, 0.25) is 5.02 Å². The van der Waals surface area contributed by atoms with Gasteiger partial charge in [-0.15, -0.1) is 0 Å². The predicted octanol–water partition coefficient (Wildman–Crippen LogP) is 3.31. The minimum Gasteiger partial charge on any atom is -0.360 e. The number of rotatable bonds is 4. The first-order chi connectivity index (χ1) is 13.3. The van der Waals surface area contributed by atoms with Crippen molar-refractivity contribution >= 4 is 28.9 Å². The van der Waals surface area contributed by atoms with Crippen molar-refractivity contribution in [3.8, 4) is 0 Å². The van der Waals surface area contributed by atoms with Crippen molar-refractivity contribution in [2.45, 2.75) is 40.7 Å². The van der Waals surface area contributed by atoms with E-state index in [1.54, 1.807) is 0 Å². The van der Waals surface area contributed by atoms with Gasteiger partial charge >= 0.3 is 0 Å². The van der Waals surface area contributed by atoms with E-state index in [0.717, 1.165) is 48.0 Å². The number of nitrogens with one attached hydrogen (secondary N) is 2. The van der Waals surface area contributed by atoms with Crippen LogP contribution in [0, 0.1) is 27.7 Å². The summed E-state index contributed by atoms with van der Waals surface area (Å²) in [5, 5.41) is 3.94. The Morgan fingerprint density at radius 3 is 2.25 bits per heavy atom. The van der Waals surface area contributed by atoms with Crippen molar-refractivity contribution in [2.24, 2.45) is 0 Å². The third kappa shape index (κ3) is 4.50. The second-order valence-corrected chi connectivity index (χ2v) is 8.50. The van der Waals surface area contributed by atoms with Gasteiger partial charge in [0.15, 0.2) is 6.04 Å². The van der Waals surface area contributed by atoms with E-state index in [9.17, 15) is 4.79 Å². The van der Waals surface area contributed by atoms with E-state index in [1.807, 2.05) is 19.1 Å². The molecule has 4 nitrogen and oxygen atoms in total. The first-order valence-electron chi connectivity index (χ1n) is 10.0. The lowest BCUT2D eigenvalue weighted by molar-refractivity contribution is -0.914. The largest absolute Gasteiger partial charge is 0.360 e. The van der Waals surface area contributed by atoms with E-state index in [0.29, 0.717) is 0 Å². The van der Waals surface area contributed by atoms with Crippen molar-refractivity contribution in [3.05, 3.63) is 57.6 Å². The van der Waals surface area contributed by atoms with Crippen molar-refractivity contribution in [3.63, 3.8) is 0 Å². The Bertz CT molecular complexity index is 849. The second kappa shape index (κ2) is 8.54. The number of piperazine rings is 1. The molecule has 1 saturated heterocycles. The summed E-state index contributed by atoms with van der Waals surface area (Å²) in [6, 6.07) is 10.2. The molecule has 1 aliphatic heterocycles. The number of hydrogen-bond acceptors (Lipinski definition) is 2. The molecule has 0 spiro atoms. The molecule has 0 saturated carbocycles. The molecule has 0 radical (unpaired) electrons. The Labute approximate surface area is 173 Å². The molecular weight excluding hydrogens is 370 g/mol. The smallest absolute Gasteiger partial charge is 0.282 e. The number of carbonyl (C=O) groups is 1. The highest BCUT2D eigenvalue weighted by molar-refractivity contribution is 6.30. The number of benzene rings is 2. The Kier molecular flexibility index (Phi) is 6.31. The van der Waals surface area contributed by atoms with E-state index >= 15 is 0 Å². The number of halogens is 1. The van der Waals surface area contributed by atoms with Crippen LogP contribution < -0.4 is 15.1 Å². The summed E-state index contributed by atoms with van der Waals surface area (Å²) in [5.41, 5.74) is 6.86. The standard InChI is InChI=1S/C23H30ClN3O/c1-15-12-17(3)22(18(4)13-15)25-23(28)19(5)26-8-10-27(11-9-26)21-14-20(24)7-6-16(21)2/h6-7,12-14,19H,8-11H2,1-5H3,(H,25,28)/p+1/t19-/m1/s1. The molecule has 2 aromatic rings. The van der Waals surface area contributed by atoms with Crippen LogP contribution >= 0.6 is 11.6 Å². The molecule has 1 aliphatic rings. The molecule has 28 heavy (non-hydrogen) atoms. The topological polar surface area (TPSA) is 36.8 Å². The van der Waals surface area contributed by atoms with E-state index in [1.165, 1.54) is 21.7 Å². The Morgan fingerprint density at radius 2 is 1.64 bits per heavy atom. The molecule has 0 aromatic heterocycles. The van der Waals surface area contributed by atoms with Crippen molar-refractivity contribution in [1.29, 1.82) is 0 Å². The van der Waals surface area contributed by atoms with Crippen LogP contribution in [-0.2, 0) is 4.79 Å². The van der Waals surface area contributed by atoms with Crippen LogP contribution in [0.15, 0.2) is 30.3 Å². The molecule has 1 heterocycles. The molecule has 1 amide bonds. The Balaban J connectivity index is 1.63. The van der Waals surface area contributed by atoms with Gasteiger partial charge in [0, 0.05) is 16.4 Å². The quantitative estimate of drug-likeness (QED) is 0.826. The summed E-state index contributed by atoms with van der Waals surface area (Å²) in [4.78, 5) is 16.6. The minimum atomic E-state index is -0.0808. The van der Waals surface area contributed by atoms with E-state index < -0.39 is 0 Å². The molecule has 0 bridgehead atoms. The Hall–Kier alpha value is -2.04. The second-order valence-electron chi connectivity index (χ2n) is 8.06. The molecule has 2 aromatic carbocycles. The van der Waals surface area contributed by atoms with Crippen LogP contribution in [0.1, 0.15) is 29.2 Å². The van der Waals surface area contributed by atoms with Gasteiger partial charge in [0.05, 0.1) is 26.2 Å². The van der Waals surface area contributed by atoms with Gasteiger partial charge in [-0.1, -0.05) is 35.4 Å². The van der Waals surface area contributed by atoms with Crippen molar-refractivity contribution in [2.75, 3.05) is 36.4 Å². The monoisotopic (exact) mass is 400 g/mol. The number of hydrogen-bond donors (Lipinski definition) is 2. The fourth-order valence-electron chi connectivity index (χ4n) is 4.19. The molecule has 150 valence electrons. The molecule has 2 N–H and O–H groups in total. The highest BCUT2D eigenvalue weighted by Crippen LogP contribution is 2.24. The zero-order chi connectivity index (χ0) is 20.4. The maximum atomic E-state index is 12.9. The van der Waals surface area contributed by atoms with Crippen LogP contribution in [0.4, 0.5) is 11.4 Å². The maximum Gasteiger partial charge on any atom is 0.282 e. The Morgan fingerprint density at radius 1 is 1.04 bits per heavy atom. The lowest BCUT2D eigenvalue weighted by atomic mass is 10.0. The number of amides is 1. The third-order valence-electron chi connectivity index (χ3n) is 5.85. The zero-order valence-corrected chi connectivity index (χ0v) is 18.3. The first kappa shape index (κ1) is 20.7. The average Bonchev–Trinajstić information content (AvgIpc) is 2.66. The minimum absolute atomic E-state index is 0.0808. The van der Waals surface area contributed by atoms with Gasteiger partial charge in [-0.2, -0.15) is 0 Å². The fourth-order valence-corrected chi connectivity index (χ4v) is 4.35. The number of quaternary nitrogens is 1. The summed E-state index contributed by atoms with van der Waals surface area (Å²) in [7, 11) is 0. The van der Waals surface area contributed by atoms with Gasteiger partial charge in [0.2, 0.25) is 0 Å². The van der Waals surface area contributed by atoms with Crippen LogP contribution in [0.25, 0.3) is 0 Å². The molecular formula is C23H31ClN3O+. The number of anilines is 2. The molecule has 0 aliphatic carbocycles. The van der Waals surface area contributed by atoms with Crippen LogP contribution in [0.3, 0.4) is 0 Å². The molecule has 5 heteroatoms. The first-order valence-corrected chi connectivity index (χ1v) is 10.4. The third-order valence-corrected chi connectivity index (χ3v) is 6.08. The van der Waals surface area contributed by atoms with E-state index in [-0.39, 0.29) is 11.9 Å². The lowest BCUT2D eigenvalue weighted by Crippen LogP contribution is -3.19. The van der Waals surface area contributed by atoms with E-state index in [2.05, 4.69) is 56.1 Å². The molecule has 1 fully saturated rings. The fraction of sp³-hybridized carbons (Fsp3) is 0.435. The number of carbonyl (C=O) groups excluding carboxylic acids is 1. The van der Waals surface area contributed by atoms with Gasteiger partial charge in [0.25, 0.3) is 5.91 Å². The maximum absolute atomic E-state index is 12.9. The average molecular weight is 401 g/mol. The highest BCUT2D eigenvalue weighted by Gasteiger charge is 2.30. The highest BCUT2D eigenvalue weighted by atomic mass is 35.5. The van der Waals surface area contributed by atoms with Gasteiger partial charge < -0.3 is 15.1 Å². The zero-order valence-electron chi connectivity index (χ0n) is 17.5. The summed E-state index contributed by atoms with van der Waals surface area (Å²) in [6.45, 7) is 14.1. The molecule has 3 rings (SSSR count). The van der Waals surface area contributed by atoms with Crippen LogP contribution in [0.5, 0.6) is 0 Å². The number of aryl methyl sites for hydroxylation is 4. The van der Waals surface area contributed by atoms with Gasteiger partial charge in [-0.05, 0) is 63.4 Å². The van der Waals surface area contributed by atoms with Gasteiger partial charge in [-0.3, -0.25) is 4.79 Å². The summed E-state index contributed by atoms with van der Waals surface area (Å²) in [5.74, 6) is 0.0949. The van der Waals surface area contributed by atoms with Crippen molar-refractivity contribution in [1.82, 2.24) is 0 Å². The van der Waals surface area contributed by atoms with E-state index in [4.69, 9.17) is 11.6 Å². The van der Waals surface area contributed by atoms with Crippen LogP contribution in [-0.4, -0.2) is 38.1 Å². The number of nitrogens with zero attached hydrogens (tertiary/aromatic N) is 1. The summed E-state index contributed by atoms with van der Waals surface area (Å²) >= 11 is 6.18. The molecule has 0 unspecified atom stereocenters.